The topological polar surface area (TPSA) is 93.1 Å². The largest absolute Gasteiger partial charge is 0.573 e. The molecule has 0 spiro atoms. The number of ether oxygens (including phenoxy) is 1. The van der Waals surface area contributed by atoms with E-state index < -0.39 is 6.36 Å². The standard InChI is InChI=1S/C22H21F3N6O2S/c1-31-17-7-4-12(19(32)27-13-3-2-8-26-11-13)9-16(17)28-20(31)30-21-29-15-6-5-14(10-18(15)34-21)33-22(23,24)25/h4-7,9-10,13,26H,2-3,8,11H2,1H3,(H,27,32)(H,28,29,30). The number of fused-ring (bicyclic) bond motifs is 2. The number of carbonyl (C=O) groups is 1. The highest BCUT2D eigenvalue weighted by Gasteiger charge is 2.31. The molecule has 1 atom stereocenters. The third kappa shape index (κ3) is 4.77. The van der Waals surface area contributed by atoms with Crippen LogP contribution in [-0.2, 0) is 7.05 Å². The molecular weight excluding hydrogens is 469 g/mol. The molecule has 2 aromatic carbocycles. The highest BCUT2D eigenvalue weighted by atomic mass is 32.1. The molecule has 0 saturated carbocycles. The van der Waals surface area contributed by atoms with Gasteiger partial charge in [0.25, 0.3) is 5.91 Å². The Labute approximate surface area is 196 Å². The Morgan fingerprint density at radius 2 is 2.06 bits per heavy atom. The second kappa shape index (κ2) is 8.76. The summed E-state index contributed by atoms with van der Waals surface area (Å²) in [7, 11) is 1.83. The predicted octanol–water partition coefficient (Wildman–Crippen LogP) is 4.31. The number of aromatic nitrogens is 3. The molecule has 3 N–H and O–H groups in total. The number of anilines is 2. The minimum Gasteiger partial charge on any atom is -0.406 e. The molecule has 5 rings (SSSR count). The summed E-state index contributed by atoms with van der Waals surface area (Å²) in [6.07, 6.45) is -2.78. The third-order valence-electron chi connectivity index (χ3n) is 5.59. The van der Waals surface area contributed by atoms with Crippen molar-refractivity contribution in [1.29, 1.82) is 0 Å². The van der Waals surface area contributed by atoms with Gasteiger partial charge in [0.05, 0.1) is 21.3 Å². The summed E-state index contributed by atoms with van der Waals surface area (Å²) >= 11 is 1.19. The summed E-state index contributed by atoms with van der Waals surface area (Å²) in [4.78, 5) is 21.7. The number of imidazole rings is 1. The Kier molecular flexibility index (Phi) is 5.78. The molecule has 0 bridgehead atoms. The SMILES string of the molecule is Cn1c(Nc2nc3ccc(OC(F)(F)F)cc3s2)nc2cc(C(=O)NC3CCCNC3)ccc21. The second-order valence-electron chi connectivity index (χ2n) is 8.04. The number of thiazole rings is 1. The second-order valence-corrected chi connectivity index (χ2v) is 9.07. The Bertz CT molecular complexity index is 1360. The highest BCUT2D eigenvalue weighted by Crippen LogP contribution is 2.33. The number of carbonyl (C=O) groups excluding carboxylic acids is 1. The molecule has 0 aliphatic carbocycles. The van der Waals surface area contributed by atoms with E-state index in [1.807, 2.05) is 17.7 Å². The zero-order valence-electron chi connectivity index (χ0n) is 18.1. The molecule has 2 aromatic heterocycles. The lowest BCUT2D eigenvalue weighted by atomic mass is 10.1. The van der Waals surface area contributed by atoms with Crippen LogP contribution in [0, 0.1) is 0 Å². The Hall–Kier alpha value is -3.38. The first-order valence-electron chi connectivity index (χ1n) is 10.7. The van der Waals surface area contributed by atoms with E-state index in [9.17, 15) is 18.0 Å². The molecule has 0 radical (unpaired) electrons. The van der Waals surface area contributed by atoms with E-state index in [1.54, 1.807) is 12.1 Å². The van der Waals surface area contributed by atoms with Gasteiger partial charge in [-0.3, -0.25) is 4.79 Å². The average molecular weight is 491 g/mol. The van der Waals surface area contributed by atoms with Crippen LogP contribution in [0.4, 0.5) is 24.3 Å². The van der Waals surface area contributed by atoms with Gasteiger partial charge >= 0.3 is 6.36 Å². The fraction of sp³-hybridized carbons (Fsp3) is 0.318. The van der Waals surface area contributed by atoms with Crippen LogP contribution in [0.25, 0.3) is 21.3 Å². The first-order valence-corrected chi connectivity index (χ1v) is 11.5. The first-order chi connectivity index (χ1) is 16.2. The number of amides is 1. The number of halogens is 3. The average Bonchev–Trinajstić information content (AvgIpc) is 3.33. The van der Waals surface area contributed by atoms with E-state index >= 15 is 0 Å². The summed E-state index contributed by atoms with van der Waals surface area (Å²) in [6, 6.07) is 9.45. The predicted molar refractivity (Wildman–Crippen MR) is 124 cm³/mol. The number of hydrogen-bond donors (Lipinski definition) is 3. The van der Waals surface area contributed by atoms with Gasteiger partial charge < -0.3 is 25.3 Å². The van der Waals surface area contributed by atoms with Gasteiger partial charge in [0, 0.05) is 31.3 Å². The lowest BCUT2D eigenvalue weighted by Crippen LogP contribution is -2.45. The number of piperidine rings is 1. The number of nitrogens with zero attached hydrogens (tertiary/aromatic N) is 3. The monoisotopic (exact) mass is 490 g/mol. The molecule has 3 heterocycles. The maximum Gasteiger partial charge on any atom is 0.573 e. The molecule has 8 nitrogen and oxygen atoms in total. The van der Waals surface area contributed by atoms with Crippen molar-refractivity contribution in [3.63, 3.8) is 0 Å². The van der Waals surface area contributed by atoms with Crippen molar-refractivity contribution in [3.05, 3.63) is 42.0 Å². The lowest BCUT2D eigenvalue weighted by Gasteiger charge is -2.23. The van der Waals surface area contributed by atoms with Gasteiger partial charge in [-0.2, -0.15) is 0 Å². The lowest BCUT2D eigenvalue weighted by molar-refractivity contribution is -0.274. The van der Waals surface area contributed by atoms with Crippen molar-refractivity contribution in [2.75, 3.05) is 18.4 Å². The van der Waals surface area contributed by atoms with Gasteiger partial charge in [0.2, 0.25) is 5.95 Å². The minimum absolute atomic E-state index is 0.110. The molecule has 178 valence electrons. The molecule has 4 aromatic rings. The number of hydrogen-bond acceptors (Lipinski definition) is 7. The molecule has 12 heteroatoms. The van der Waals surface area contributed by atoms with Crippen molar-refractivity contribution in [2.24, 2.45) is 7.05 Å². The Morgan fingerprint density at radius 1 is 1.21 bits per heavy atom. The molecule has 1 amide bonds. The zero-order valence-corrected chi connectivity index (χ0v) is 18.9. The van der Waals surface area contributed by atoms with Crippen LogP contribution in [-0.4, -0.2) is 45.9 Å². The van der Waals surface area contributed by atoms with Gasteiger partial charge in [-0.25, -0.2) is 9.97 Å². The molecule has 1 fully saturated rings. The maximum absolute atomic E-state index is 12.7. The summed E-state index contributed by atoms with van der Waals surface area (Å²) in [5, 5.41) is 9.92. The van der Waals surface area contributed by atoms with Crippen LogP contribution in [0.3, 0.4) is 0 Å². The van der Waals surface area contributed by atoms with E-state index in [1.165, 1.54) is 29.5 Å². The minimum atomic E-state index is -4.75. The number of alkyl halides is 3. The van der Waals surface area contributed by atoms with Gasteiger partial charge in [-0.05, 0) is 49.7 Å². The van der Waals surface area contributed by atoms with Gasteiger partial charge in [0.15, 0.2) is 5.13 Å². The Balaban J connectivity index is 1.36. The van der Waals surface area contributed by atoms with Gasteiger partial charge in [-0.15, -0.1) is 13.2 Å². The Morgan fingerprint density at radius 3 is 2.82 bits per heavy atom. The number of nitrogens with one attached hydrogen (secondary N) is 3. The van der Waals surface area contributed by atoms with E-state index in [0.29, 0.717) is 32.4 Å². The van der Waals surface area contributed by atoms with Crippen LogP contribution in [0.2, 0.25) is 0 Å². The first kappa shape index (κ1) is 22.4. The summed E-state index contributed by atoms with van der Waals surface area (Å²) < 4.78 is 43.8. The van der Waals surface area contributed by atoms with Crippen LogP contribution < -0.4 is 20.7 Å². The quantitative estimate of drug-likeness (QED) is 0.386. The number of rotatable bonds is 5. The smallest absolute Gasteiger partial charge is 0.406 e. The summed E-state index contributed by atoms with van der Waals surface area (Å²) in [6.45, 7) is 1.73. The fourth-order valence-electron chi connectivity index (χ4n) is 3.95. The van der Waals surface area contributed by atoms with E-state index in [0.717, 1.165) is 31.4 Å². The van der Waals surface area contributed by atoms with Crippen LogP contribution >= 0.6 is 11.3 Å². The molecule has 1 saturated heterocycles. The zero-order chi connectivity index (χ0) is 23.9. The van der Waals surface area contributed by atoms with Gasteiger partial charge in [-0.1, -0.05) is 11.3 Å². The molecule has 34 heavy (non-hydrogen) atoms. The maximum atomic E-state index is 12.7. The number of aryl methyl sites for hydroxylation is 1. The van der Waals surface area contributed by atoms with Crippen molar-refractivity contribution < 1.29 is 22.7 Å². The van der Waals surface area contributed by atoms with E-state index in [4.69, 9.17) is 0 Å². The van der Waals surface area contributed by atoms with Crippen molar-refractivity contribution in [3.8, 4) is 5.75 Å². The molecule has 1 aliphatic rings. The van der Waals surface area contributed by atoms with Gasteiger partial charge in [0.1, 0.15) is 5.75 Å². The molecular formula is C22H21F3N6O2S. The highest BCUT2D eigenvalue weighted by molar-refractivity contribution is 7.22. The van der Waals surface area contributed by atoms with Crippen molar-refractivity contribution in [2.45, 2.75) is 25.2 Å². The third-order valence-corrected chi connectivity index (χ3v) is 6.52. The normalized spacial score (nSPS) is 16.6. The van der Waals surface area contributed by atoms with E-state index in [-0.39, 0.29) is 17.7 Å². The van der Waals surface area contributed by atoms with Crippen LogP contribution in [0.1, 0.15) is 23.2 Å². The van der Waals surface area contributed by atoms with Crippen molar-refractivity contribution >= 4 is 49.6 Å². The molecule has 1 aliphatic heterocycles. The number of benzene rings is 2. The van der Waals surface area contributed by atoms with Crippen molar-refractivity contribution in [1.82, 2.24) is 25.2 Å². The fourth-order valence-corrected chi connectivity index (χ4v) is 4.84. The molecule has 1 unspecified atom stereocenters. The van der Waals surface area contributed by atoms with E-state index in [2.05, 4.69) is 30.7 Å². The summed E-state index contributed by atoms with van der Waals surface area (Å²) in [5.74, 6) is 0.0569. The van der Waals surface area contributed by atoms with Crippen LogP contribution in [0.15, 0.2) is 36.4 Å². The summed E-state index contributed by atoms with van der Waals surface area (Å²) in [5.41, 5.74) is 2.53. The van der Waals surface area contributed by atoms with Crippen LogP contribution in [0.5, 0.6) is 5.75 Å².